The highest BCUT2D eigenvalue weighted by Crippen LogP contribution is 2.31. The van der Waals surface area contributed by atoms with Crippen LogP contribution >= 0.6 is 15.9 Å². The topological polar surface area (TPSA) is 77.1 Å². The third kappa shape index (κ3) is 3.88. The predicted molar refractivity (Wildman–Crippen MR) is 84.3 cm³/mol. The van der Waals surface area contributed by atoms with Crippen LogP contribution in [0.3, 0.4) is 0 Å². The number of ether oxygens (including phenoxy) is 2. The number of rotatable bonds is 5. The Hall–Kier alpha value is -2.21. The molecule has 2 aromatic rings. The van der Waals surface area contributed by atoms with E-state index in [1.54, 1.807) is 18.2 Å². The zero-order valence-electron chi connectivity index (χ0n) is 11.4. The largest absolute Gasteiger partial charge is 0.494 e. The second-order valence-corrected chi connectivity index (χ2v) is 4.99. The molecule has 3 N–H and O–H groups in total. The van der Waals surface area contributed by atoms with Crippen LogP contribution < -0.4 is 15.2 Å². The fourth-order valence-corrected chi connectivity index (χ4v) is 2.16. The third-order valence-corrected chi connectivity index (χ3v) is 3.32. The Morgan fingerprint density at radius 3 is 2.43 bits per heavy atom. The Labute approximate surface area is 131 Å². The Morgan fingerprint density at radius 2 is 1.86 bits per heavy atom. The molecule has 2 aromatic carbocycles. The number of hydrogen-bond acceptors (Lipinski definition) is 4. The first-order chi connectivity index (χ1) is 10.1. The van der Waals surface area contributed by atoms with Gasteiger partial charge in [0.2, 0.25) is 0 Å². The minimum absolute atomic E-state index is 0.0447. The van der Waals surface area contributed by atoms with Crippen LogP contribution in [0.15, 0.2) is 52.1 Å². The lowest BCUT2D eigenvalue weighted by Crippen LogP contribution is -2.12. The van der Waals surface area contributed by atoms with Gasteiger partial charge < -0.3 is 20.4 Å². The molecule has 0 bridgehead atoms. The van der Waals surface area contributed by atoms with Gasteiger partial charge in [-0.25, -0.2) is 0 Å². The number of oxime groups is 1. The predicted octanol–water partition coefficient (Wildman–Crippen LogP) is 3.73. The van der Waals surface area contributed by atoms with Crippen molar-refractivity contribution < 1.29 is 14.7 Å². The molecule has 0 atom stereocenters. The smallest absolute Gasteiger partial charge is 0.170 e. The van der Waals surface area contributed by atoms with Crippen molar-refractivity contribution in [1.82, 2.24) is 0 Å². The normalized spacial score (nSPS) is 11.2. The molecule has 6 heteroatoms. The lowest BCUT2D eigenvalue weighted by molar-refractivity contribution is 0.318. The lowest BCUT2D eigenvalue weighted by Gasteiger charge is -2.10. The summed E-state index contributed by atoms with van der Waals surface area (Å²) in [6.07, 6.45) is 0. The standard InChI is InChI=1S/C15H15BrN2O3/c1-2-20-11-4-6-12(7-5-11)21-14-8-3-10(9-13(14)16)15(17)18-19/h3-9,19H,2H2,1H3,(H2,17,18). The van der Waals surface area contributed by atoms with Gasteiger partial charge in [-0.15, -0.1) is 0 Å². The van der Waals surface area contributed by atoms with E-state index in [4.69, 9.17) is 20.4 Å². The van der Waals surface area contributed by atoms with Gasteiger partial charge in [-0.05, 0) is 65.3 Å². The fraction of sp³-hybridized carbons (Fsp3) is 0.133. The van der Waals surface area contributed by atoms with Gasteiger partial charge in [0.1, 0.15) is 17.2 Å². The van der Waals surface area contributed by atoms with Gasteiger partial charge in [-0.2, -0.15) is 0 Å². The van der Waals surface area contributed by atoms with Crippen LogP contribution in [0.5, 0.6) is 17.2 Å². The number of amidine groups is 1. The number of nitrogens with two attached hydrogens (primary N) is 1. The summed E-state index contributed by atoms with van der Waals surface area (Å²) >= 11 is 3.40. The highest BCUT2D eigenvalue weighted by molar-refractivity contribution is 9.10. The van der Waals surface area contributed by atoms with Gasteiger partial charge in [0.25, 0.3) is 0 Å². The SMILES string of the molecule is CCOc1ccc(Oc2ccc(/C(N)=N/O)cc2Br)cc1. The summed E-state index contributed by atoms with van der Waals surface area (Å²) in [6.45, 7) is 2.56. The molecule has 2 rings (SSSR count). The summed E-state index contributed by atoms with van der Waals surface area (Å²) in [5.74, 6) is 2.17. The Morgan fingerprint density at radius 1 is 1.19 bits per heavy atom. The second kappa shape index (κ2) is 6.99. The summed E-state index contributed by atoms with van der Waals surface area (Å²) in [4.78, 5) is 0. The summed E-state index contributed by atoms with van der Waals surface area (Å²) in [5.41, 5.74) is 6.14. The first-order valence-electron chi connectivity index (χ1n) is 6.32. The zero-order chi connectivity index (χ0) is 15.2. The summed E-state index contributed by atoms with van der Waals surface area (Å²) in [5, 5.41) is 11.6. The van der Waals surface area contributed by atoms with E-state index in [0.717, 1.165) is 5.75 Å². The van der Waals surface area contributed by atoms with Crippen LogP contribution in [-0.2, 0) is 0 Å². The van der Waals surface area contributed by atoms with Crippen LogP contribution in [0.2, 0.25) is 0 Å². The monoisotopic (exact) mass is 350 g/mol. The van der Waals surface area contributed by atoms with E-state index in [1.807, 2.05) is 31.2 Å². The van der Waals surface area contributed by atoms with Gasteiger partial charge in [0.15, 0.2) is 5.84 Å². The number of hydrogen-bond donors (Lipinski definition) is 2. The van der Waals surface area contributed by atoms with E-state index in [9.17, 15) is 0 Å². The van der Waals surface area contributed by atoms with Crippen molar-refractivity contribution in [3.63, 3.8) is 0 Å². The zero-order valence-corrected chi connectivity index (χ0v) is 13.0. The number of benzene rings is 2. The van der Waals surface area contributed by atoms with Crippen LogP contribution in [-0.4, -0.2) is 17.6 Å². The van der Waals surface area contributed by atoms with Crippen LogP contribution in [0.25, 0.3) is 0 Å². The molecular formula is C15H15BrN2O3. The molecule has 0 heterocycles. The van der Waals surface area contributed by atoms with E-state index < -0.39 is 0 Å². The molecule has 21 heavy (non-hydrogen) atoms. The van der Waals surface area contributed by atoms with Crippen molar-refractivity contribution in [2.45, 2.75) is 6.92 Å². The van der Waals surface area contributed by atoms with Gasteiger partial charge in [-0.3, -0.25) is 0 Å². The van der Waals surface area contributed by atoms with Gasteiger partial charge in [0, 0.05) is 5.56 Å². The molecular weight excluding hydrogens is 336 g/mol. The highest BCUT2D eigenvalue weighted by Gasteiger charge is 2.07. The Balaban J connectivity index is 2.16. The first kappa shape index (κ1) is 15.2. The van der Waals surface area contributed by atoms with E-state index in [0.29, 0.717) is 28.1 Å². The highest BCUT2D eigenvalue weighted by atomic mass is 79.9. The van der Waals surface area contributed by atoms with Crippen molar-refractivity contribution in [2.75, 3.05) is 6.61 Å². The van der Waals surface area contributed by atoms with E-state index >= 15 is 0 Å². The average molecular weight is 351 g/mol. The van der Waals surface area contributed by atoms with Crippen LogP contribution in [0.1, 0.15) is 12.5 Å². The molecule has 0 saturated heterocycles. The number of nitrogens with zero attached hydrogens (tertiary/aromatic N) is 1. The average Bonchev–Trinajstić information content (AvgIpc) is 2.50. The molecule has 5 nitrogen and oxygen atoms in total. The molecule has 0 aromatic heterocycles. The molecule has 0 spiro atoms. The van der Waals surface area contributed by atoms with Crippen molar-refractivity contribution in [2.24, 2.45) is 10.9 Å². The van der Waals surface area contributed by atoms with Gasteiger partial charge in [-0.1, -0.05) is 5.16 Å². The van der Waals surface area contributed by atoms with E-state index in [2.05, 4.69) is 21.1 Å². The minimum Gasteiger partial charge on any atom is -0.494 e. The van der Waals surface area contributed by atoms with E-state index in [1.165, 1.54) is 0 Å². The molecule has 0 amide bonds. The second-order valence-electron chi connectivity index (χ2n) is 4.14. The fourth-order valence-electron chi connectivity index (χ4n) is 1.70. The molecule has 0 radical (unpaired) electrons. The van der Waals surface area contributed by atoms with Crippen molar-refractivity contribution >= 4 is 21.8 Å². The molecule has 0 aliphatic rings. The first-order valence-corrected chi connectivity index (χ1v) is 7.11. The molecule has 0 saturated carbocycles. The third-order valence-electron chi connectivity index (χ3n) is 2.70. The maximum absolute atomic E-state index is 8.66. The molecule has 0 unspecified atom stereocenters. The number of halogens is 1. The molecule has 110 valence electrons. The summed E-state index contributed by atoms with van der Waals surface area (Å²) < 4.78 is 11.8. The minimum atomic E-state index is 0.0447. The summed E-state index contributed by atoms with van der Waals surface area (Å²) in [6, 6.07) is 12.5. The van der Waals surface area contributed by atoms with Gasteiger partial charge >= 0.3 is 0 Å². The van der Waals surface area contributed by atoms with Gasteiger partial charge in [0.05, 0.1) is 11.1 Å². The maximum Gasteiger partial charge on any atom is 0.170 e. The maximum atomic E-state index is 8.66. The van der Waals surface area contributed by atoms with Crippen molar-refractivity contribution in [3.05, 3.63) is 52.5 Å². The van der Waals surface area contributed by atoms with E-state index in [-0.39, 0.29) is 5.84 Å². The summed E-state index contributed by atoms with van der Waals surface area (Å²) in [7, 11) is 0. The molecule has 0 fully saturated rings. The van der Waals surface area contributed by atoms with Crippen LogP contribution in [0, 0.1) is 0 Å². The Kier molecular flexibility index (Phi) is 5.05. The van der Waals surface area contributed by atoms with Crippen LogP contribution in [0.4, 0.5) is 0 Å². The molecule has 0 aliphatic heterocycles. The van der Waals surface area contributed by atoms with Crippen molar-refractivity contribution in [1.29, 1.82) is 0 Å². The molecule has 0 aliphatic carbocycles. The quantitative estimate of drug-likeness (QED) is 0.372. The van der Waals surface area contributed by atoms with Crippen molar-refractivity contribution in [3.8, 4) is 17.2 Å². The Bertz CT molecular complexity index is 642. The lowest BCUT2D eigenvalue weighted by atomic mass is 10.2.